The van der Waals surface area contributed by atoms with Gasteiger partial charge in [0.15, 0.2) is 0 Å². The fraction of sp³-hybridized carbons (Fsp3) is 0.235. The SMILES string of the molecule is CNC.Nc1nc2[nH]cc(CCc3ccc(C=O)cc3)c2c(=O)[nH]1. The van der Waals surface area contributed by atoms with Gasteiger partial charge in [-0.2, -0.15) is 4.98 Å². The molecule has 0 fully saturated rings. The van der Waals surface area contributed by atoms with E-state index in [1.807, 2.05) is 26.2 Å². The Labute approximate surface area is 139 Å². The maximum Gasteiger partial charge on any atom is 0.262 e. The van der Waals surface area contributed by atoms with Crippen molar-refractivity contribution in [2.45, 2.75) is 12.8 Å². The maximum atomic E-state index is 11.9. The van der Waals surface area contributed by atoms with E-state index < -0.39 is 0 Å². The molecule has 0 atom stereocenters. The third kappa shape index (κ3) is 4.08. The average Bonchev–Trinajstić information content (AvgIpc) is 2.97. The number of nitrogens with two attached hydrogens (primary N) is 1. The summed E-state index contributed by atoms with van der Waals surface area (Å²) in [5.41, 5.74) is 8.44. The van der Waals surface area contributed by atoms with Crippen LogP contribution in [0.5, 0.6) is 0 Å². The van der Waals surface area contributed by atoms with E-state index in [1.165, 1.54) is 0 Å². The maximum absolute atomic E-state index is 11.9. The highest BCUT2D eigenvalue weighted by Gasteiger charge is 2.10. The number of hydrogen-bond donors (Lipinski definition) is 4. The molecule has 0 unspecified atom stereocenters. The monoisotopic (exact) mass is 327 g/mol. The Morgan fingerprint density at radius 3 is 2.50 bits per heavy atom. The number of benzene rings is 1. The second kappa shape index (κ2) is 8.07. The number of aromatic nitrogens is 3. The van der Waals surface area contributed by atoms with Gasteiger partial charge < -0.3 is 16.0 Å². The zero-order chi connectivity index (χ0) is 17.5. The van der Waals surface area contributed by atoms with Crippen LogP contribution in [0.15, 0.2) is 35.3 Å². The summed E-state index contributed by atoms with van der Waals surface area (Å²) in [5.74, 6) is 0.102. The summed E-state index contributed by atoms with van der Waals surface area (Å²) in [7, 11) is 3.75. The first-order valence-corrected chi connectivity index (χ1v) is 7.57. The van der Waals surface area contributed by atoms with Crippen molar-refractivity contribution < 1.29 is 4.79 Å². The van der Waals surface area contributed by atoms with Crippen molar-refractivity contribution in [2.24, 2.45) is 0 Å². The van der Waals surface area contributed by atoms with Gasteiger partial charge >= 0.3 is 0 Å². The first-order chi connectivity index (χ1) is 11.6. The molecule has 0 aliphatic rings. The van der Waals surface area contributed by atoms with Crippen LogP contribution in [0.3, 0.4) is 0 Å². The van der Waals surface area contributed by atoms with E-state index >= 15 is 0 Å². The highest BCUT2D eigenvalue weighted by molar-refractivity contribution is 5.79. The number of anilines is 1. The van der Waals surface area contributed by atoms with E-state index in [0.29, 0.717) is 23.0 Å². The van der Waals surface area contributed by atoms with Crippen LogP contribution in [0.4, 0.5) is 5.95 Å². The van der Waals surface area contributed by atoms with Crippen molar-refractivity contribution in [1.82, 2.24) is 20.3 Å². The first kappa shape index (κ1) is 17.4. The molecule has 0 amide bonds. The van der Waals surface area contributed by atoms with Crippen LogP contribution in [-0.4, -0.2) is 35.3 Å². The smallest absolute Gasteiger partial charge is 0.262 e. The predicted octanol–water partition coefficient (Wildman–Crippen LogP) is 1.27. The number of nitrogen functional groups attached to an aromatic ring is 1. The van der Waals surface area contributed by atoms with Gasteiger partial charge in [0.25, 0.3) is 5.56 Å². The highest BCUT2D eigenvalue weighted by Crippen LogP contribution is 2.15. The van der Waals surface area contributed by atoms with Gasteiger partial charge in [-0.3, -0.25) is 14.6 Å². The molecule has 5 N–H and O–H groups in total. The summed E-state index contributed by atoms with van der Waals surface area (Å²) >= 11 is 0. The number of aryl methyl sites for hydroxylation is 2. The molecule has 0 saturated carbocycles. The molecule has 3 rings (SSSR count). The number of aldehydes is 1. The van der Waals surface area contributed by atoms with Crippen LogP contribution in [0.25, 0.3) is 11.0 Å². The predicted molar refractivity (Wildman–Crippen MR) is 95.3 cm³/mol. The number of aromatic amines is 2. The Kier molecular flexibility index (Phi) is 5.86. The molecular weight excluding hydrogens is 306 g/mol. The fourth-order valence-corrected chi connectivity index (χ4v) is 2.36. The van der Waals surface area contributed by atoms with Gasteiger partial charge in [0.2, 0.25) is 5.95 Å². The fourth-order valence-electron chi connectivity index (χ4n) is 2.36. The second-order valence-corrected chi connectivity index (χ2v) is 5.35. The van der Waals surface area contributed by atoms with Crippen molar-refractivity contribution in [3.63, 3.8) is 0 Å². The average molecular weight is 327 g/mol. The van der Waals surface area contributed by atoms with E-state index in [2.05, 4.69) is 20.3 Å². The summed E-state index contributed by atoms with van der Waals surface area (Å²) in [6, 6.07) is 7.40. The van der Waals surface area contributed by atoms with Crippen LogP contribution < -0.4 is 16.6 Å². The van der Waals surface area contributed by atoms with E-state index in [9.17, 15) is 9.59 Å². The van der Waals surface area contributed by atoms with Crippen molar-refractivity contribution in [2.75, 3.05) is 19.8 Å². The van der Waals surface area contributed by atoms with Gasteiger partial charge in [0.05, 0.1) is 5.39 Å². The summed E-state index contributed by atoms with van der Waals surface area (Å²) in [4.78, 5) is 32.1. The van der Waals surface area contributed by atoms with E-state index in [1.54, 1.807) is 18.3 Å². The van der Waals surface area contributed by atoms with Crippen LogP contribution >= 0.6 is 0 Å². The molecule has 0 spiro atoms. The standard InChI is InChI=1S/C15H14N4O2.C2H7N/c16-15-18-13-12(14(21)19-15)11(7-17-13)6-5-9-1-3-10(8-20)4-2-9;1-3-2/h1-4,7-8H,5-6H2,(H4,16,17,18,19,21);3H,1-2H3. The molecule has 0 bridgehead atoms. The Balaban J connectivity index is 0.000000647. The minimum absolute atomic E-state index is 0.102. The third-order valence-electron chi connectivity index (χ3n) is 3.44. The summed E-state index contributed by atoms with van der Waals surface area (Å²) in [5, 5.41) is 3.30. The number of carbonyl (C=O) groups excluding carboxylic acids is 1. The molecule has 0 radical (unpaired) electrons. The Morgan fingerprint density at radius 2 is 1.88 bits per heavy atom. The van der Waals surface area contributed by atoms with Crippen LogP contribution in [0.1, 0.15) is 21.5 Å². The van der Waals surface area contributed by atoms with Crippen LogP contribution in [0.2, 0.25) is 0 Å². The molecular formula is C17H21N5O2. The molecule has 0 aliphatic heterocycles. The van der Waals surface area contributed by atoms with Gasteiger partial charge in [-0.05, 0) is 38.1 Å². The number of H-pyrrole nitrogens is 2. The minimum Gasteiger partial charge on any atom is -0.369 e. The van der Waals surface area contributed by atoms with Gasteiger partial charge in [-0.1, -0.05) is 24.3 Å². The number of nitrogens with zero attached hydrogens (tertiary/aromatic N) is 1. The van der Waals surface area contributed by atoms with Gasteiger partial charge in [0, 0.05) is 11.8 Å². The lowest BCUT2D eigenvalue weighted by Crippen LogP contribution is -2.11. The largest absolute Gasteiger partial charge is 0.369 e. The topological polar surface area (TPSA) is 117 Å². The molecule has 0 saturated heterocycles. The number of fused-ring (bicyclic) bond motifs is 1. The normalized spacial score (nSPS) is 10.2. The summed E-state index contributed by atoms with van der Waals surface area (Å²) < 4.78 is 0. The van der Waals surface area contributed by atoms with Crippen LogP contribution in [0, 0.1) is 0 Å². The molecule has 3 aromatic rings. The third-order valence-corrected chi connectivity index (χ3v) is 3.44. The molecule has 7 heteroatoms. The summed E-state index contributed by atoms with van der Waals surface area (Å²) in [6.45, 7) is 0. The molecule has 7 nitrogen and oxygen atoms in total. The van der Waals surface area contributed by atoms with Crippen molar-refractivity contribution in [3.05, 3.63) is 57.5 Å². The highest BCUT2D eigenvalue weighted by atomic mass is 16.1. The van der Waals surface area contributed by atoms with Crippen molar-refractivity contribution in [1.29, 1.82) is 0 Å². The lowest BCUT2D eigenvalue weighted by Gasteiger charge is -2.01. The summed E-state index contributed by atoms with van der Waals surface area (Å²) in [6.07, 6.45) is 4.08. The second-order valence-electron chi connectivity index (χ2n) is 5.35. The molecule has 1 aromatic carbocycles. The lowest BCUT2D eigenvalue weighted by molar-refractivity contribution is 0.112. The molecule has 126 valence electrons. The van der Waals surface area contributed by atoms with Gasteiger partial charge in [-0.25, -0.2) is 0 Å². The molecule has 2 aromatic heterocycles. The van der Waals surface area contributed by atoms with E-state index in [0.717, 1.165) is 23.8 Å². The quantitative estimate of drug-likeness (QED) is 0.538. The van der Waals surface area contributed by atoms with E-state index in [-0.39, 0.29) is 11.5 Å². The number of carbonyl (C=O) groups is 1. The zero-order valence-electron chi connectivity index (χ0n) is 13.7. The number of rotatable bonds is 4. The van der Waals surface area contributed by atoms with E-state index in [4.69, 9.17) is 5.73 Å². The molecule has 24 heavy (non-hydrogen) atoms. The number of nitrogens with one attached hydrogen (secondary N) is 3. The van der Waals surface area contributed by atoms with Gasteiger partial charge in [-0.15, -0.1) is 0 Å². The minimum atomic E-state index is -0.231. The zero-order valence-corrected chi connectivity index (χ0v) is 13.7. The Morgan fingerprint density at radius 1 is 1.21 bits per heavy atom. The van der Waals surface area contributed by atoms with Crippen molar-refractivity contribution in [3.8, 4) is 0 Å². The molecule has 0 aliphatic carbocycles. The Bertz CT molecular complexity index is 865. The molecule has 2 heterocycles. The van der Waals surface area contributed by atoms with Crippen LogP contribution in [-0.2, 0) is 12.8 Å². The lowest BCUT2D eigenvalue weighted by atomic mass is 10.0. The Hall–Kier alpha value is -2.93. The van der Waals surface area contributed by atoms with Crippen molar-refractivity contribution >= 4 is 23.3 Å². The first-order valence-electron chi connectivity index (χ1n) is 7.57. The number of hydrogen-bond acceptors (Lipinski definition) is 5. The van der Waals surface area contributed by atoms with Gasteiger partial charge in [0.1, 0.15) is 11.9 Å².